The fourth-order valence-corrected chi connectivity index (χ4v) is 3.23. The summed E-state index contributed by atoms with van der Waals surface area (Å²) in [6, 6.07) is 3.84. The summed E-state index contributed by atoms with van der Waals surface area (Å²) in [6.45, 7) is 0.704. The van der Waals surface area contributed by atoms with Gasteiger partial charge in [-0.15, -0.1) is 5.10 Å². The normalized spacial score (nSPS) is 21.4. The average Bonchev–Trinajstić information content (AvgIpc) is 3.08. The number of carbonyl (C=O) groups is 1. The molecule has 1 aliphatic heterocycles. The highest BCUT2D eigenvalue weighted by Crippen LogP contribution is 2.37. The van der Waals surface area contributed by atoms with E-state index < -0.39 is 6.03 Å². The molecule has 3 rings (SSSR count). The van der Waals surface area contributed by atoms with Crippen LogP contribution in [-0.4, -0.2) is 32.5 Å². The molecule has 2 amide bonds. The smallest absolute Gasteiger partial charge is 0.315 e. The maximum atomic E-state index is 13.5. The first-order valence-electron chi connectivity index (χ1n) is 7.50. The van der Waals surface area contributed by atoms with Crippen molar-refractivity contribution in [3.05, 3.63) is 47.5 Å². The Morgan fingerprint density at radius 1 is 1.43 bits per heavy atom. The van der Waals surface area contributed by atoms with Gasteiger partial charge in [0, 0.05) is 19.3 Å². The van der Waals surface area contributed by atoms with Crippen LogP contribution in [0.25, 0.3) is 0 Å². The van der Waals surface area contributed by atoms with Gasteiger partial charge in [-0.1, -0.05) is 11.3 Å². The molecule has 2 aromatic rings. The Balaban J connectivity index is 1.96. The third-order valence-electron chi connectivity index (χ3n) is 4.36. The van der Waals surface area contributed by atoms with Gasteiger partial charge in [0.1, 0.15) is 5.82 Å². The molecule has 0 aliphatic carbocycles. The lowest BCUT2D eigenvalue weighted by atomic mass is 9.89. The van der Waals surface area contributed by atoms with Gasteiger partial charge in [-0.2, -0.15) is 0 Å². The number of hydrogen-bond acceptors (Lipinski definition) is 4. The van der Waals surface area contributed by atoms with Crippen LogP contribution >= 0.6 is 0 Å². The van der Waals surface area contributed by atoms with Gasteiger partial charge in [-0.25, -0.2) is 13.9 Å². The minimum absolute atomic E-state index is 0.105. The molecule has 0 radical (unpaired) electrons. The Kier molecular flexibility index (Phi) is 4.24. The van der Waals surface area contributed by atoms with Crippen LogP contribution in [-0.2, 0) is 6.54 Å². The molecule has 8 heteroatoms. The van der Waals surface area contributed by atoms with E-state index in [0.717, 1.165) is 12.0 Å². The van der Waals surface area contributed by atoms with Crippen LogP contribution in [0.2, 0.25) is 0 Å². The van der Waals surface area contributed by atoms with Crippen LogP contribution in [0.15, 0.2) is 30.6 Å². The van der Waals surface area contributed by atoms with Gasteiger partial charge in [0.15, 0.2) is 0 Å². The molecule has 122 valence electrons. The van der Waals surface area contributed by atoms with Crippen molar-refractivity contribution in [2.75, 3.05) is 6.54 Å². The molecular weight excluding hydrogens is 299 g/mol. The van der Waals surface area contributed by atoms with Crippen LogP contribution in [0.4, 0.5) is 9.18 Å². The minimum atomic E-state index is -0.487. The molecule has 2 unspecified atom stereocenters. The molecule has 2 atom stereocenters. The van der Waals surface area contributed by atoms with Gasteiger partial charge in [0.05, 0.1) is 18.3 Å². The molecule has 1 aliphatic rings. The van der Waals surface area contributed by atoms with Crippen molar-refractivity contribution in [3.63, 3.8) is 0 Å². The standard InChI is InChI=1S/C15H19FN6O/c16-11-1-2-13(10(7-11)9-17)14-8-12(22-6-4-19-20-22)3-5-21(14)15(18)23/h1-2,4,6-7,12,14H,3,5,8-9,17H2,(H2,18,23). The molecule has 7 nitrogen and oxygen atoms in total. The van der Waals surface area contributed by atoms with Crippen LogP contribution < -0.4 is 11.5 Å². The Hall–Kier alpha value is -2.48. The number of piperidine rings is 1. The van der Waals surface area contributed by atoms with Crippen molar-refractivity contribution in [2.45, 2.75) is 31.5 Å². The SMILES string of the molecule is NCc1cc(F)ccc1C1CC(n2ccnn2)CCN1C(N)=O. The highest BCUT2D eigenvalue weighted by atomic mass is 19.1. The van der Waals surface area contributed by atoms with Gasteiger partial charge >= 0.3 is 6.03 Å². The number of aromatic nitrogens is 3. The number of halogens is 1. The zero-order valence-corrected chi connectivity index (χ0v) is 12.6. The average molecular weight is 318 g/mol. The number of nitrogens with zero attached hydrogens (tertiary/aromatic N) is 4. The number of likely N-dealkylation sites (tertiary alicyclic amines) is 1. The third-order valence-corrected chi connectivity index (χ3v) is 4.36. The first kappa shape index (κ1) is 15.4. The quantitative estimate of drug-likeness (QED) is 0.891. The van der Waals surface area contributed by atoms with Crippen LogP contribution in [0.3, 0.4) is 0 Å². The lowest BCUT2D eigenvalue weighted by molar-refractivity contribution is 0.131. The molecule has 1 fully saturated rings. The highest BCUT2D eigenvalue weighted by molar-refractivity contribution is 5.73. The second kappa shape index (κ2) is 6.33. The number of nitrogens with two attached hydrogens (primary N) is 2. The van der Waals surface area contributed by atoms with Crippen LogP contribution in [0.5, 0.6) is 0 Å². The predicted molar refractivity (Wildman–Crippen MR) is 81.6 cm³/mol. The number of benzene rings is 1. The largest absolute Gasteiger partial charge is 0.351 e. The summed E-state index contributed by atoms with van der Waals surface area (Å²) in [5, 5.41) is 7.87. The molecule has 1 aromatic carbocycles. The third kappa shape index (κ3) is 3.02. The van der Waals surface area contributed by atoms with Crippen LogP contribution in [0.1, 0.15) is 36.1 Å². The maximum Gasteiger partial charge on any atom is 0.315 e. The van der Waals surface area contributed by atoms with Gasteiger partial charge < -0.3 is 16.4 Å². The Bertz CT molecular complexity index is 689. The summed E-state index contributed by atoms with van der Waals surface area (Å²) in [5.74, 6) is -0.344. The second-order valence-electron chi connectivity index (χ2n) is 5.66. The summed E-state index contributed by atoms with van der Waals surface area (Å²) in [6.07, 6.45) is 4.79. The molecular formula is C15H19FN6O. The van der Waals surface area contributed by atoms with Crippen molar-refractivity contribution in [2.24, 2.45) is 11.5 Å². The van der Waals surface area contributed by atoms with E-state index >= 15 is 0 Å². The van der Waals surface area contributed by atoms with E-state index in [-0.39, 0.29) is 24.4 Å². The van der Waals surface area contributed by atoms with E-state index in [1.165, 1.54) is 12.1 Å². The Morgan fingerprint density at radius 2 is 2.26 bits per heavy atom. The first-order chi connectivity index (χ1) is 11.1. The van der Waals surface area contributed by atoms with E-state index in [1.54, 1.807) is 28.0 Å². The lowest BCUT2D eigenvalue weighted by Crippen LogP contribution is -2.44. The van der Waals surface area contributed by atoms with E-state index in [1.807, 2.05) is 0 Å². The number of primary amides is 1. The topological polar surface area (TPSA) is 103 Å². The lowest BCUT2D eigenvalue weighted by Gasteiger charge is -2.39. The Morgan fingerprint density at radius 3 is 2.91 bits per heavy atom. The number of amides is 2. The van der Waals surface area contributed by atoms with Crippen LogP contribution in [0, 0.1) is 5.82 Å². The van der Waals surface area contributed by atoms with Gasteiger partial charge in [0.2, 0.25) is 0 Å². The number of urea groups is 1. The summed E-state index contributed by atoms with van der Waals surface area (Å²) in [5.41, 5.74) is 12.8. The summed E-state index contributed by atoms with van der Waals surface area (Å²) >= 11 is 0. The summed E-state index contributed by atoms with van der Waals surface area (Å²) in [4.78, 5) is 13.4. The molecule has 2 heterocycles. The van der Waals surface area contributed by atoms with Gasteiger partial charge in [0.25, 0.3) is 0 Å². The van der Waals surface area contributed by atoms with E-state index in [0.29, 0.717) is 18.5 Å². The second-order valence-corrected chi connectivity index (χ2v) is 5.66. The molecule has 0 saturated carbocycles. The minimum Gasteiger partial charge on any atom is -0.351 e. The maximum absolute atomic E-state index is 13.5. The number of rotatable bonds is 3. The van der Waals surface area contributed by atoms with Crippen molar-refractivity contribution in [1.82, 2.24) is 19.9 Å². The van der Waals surface area contributed by atoms with Crippen molar-refractivity contribution >= 4 is 6.03 Å². The molecule has 1 aromatic heterocycles. The van der Waals surface area contributed by atoms with E-state index in [4.69, 9.17) is 11.5 Å². The first-order valence-corrected chi connectivity index (χ1v) is 7.50. The Labute approximate surface area is 133 Å². The fraction of sp³-hybridized carbons (Fsp3) is 0.400. The van der Waals surface area contributed by atoms with E-state index in [2.05, 4.69) is 10.3 Å². The zero-order valence-electron chi connectivity index (χ0n) is 12.6. The molecule has 23 heavy (non-hydrogen) atoms. The summed E-state index contributed by atoms with van der Waals surface area (Å²) in [7, 11) is 0. The van der Waals surface area contributed by atoms with Crippen molar-refractivity contribution < 1.29 is 9.18 Å². The van der Waals surface area contributed by atoms with Gasteiger partial charge in [-0.3, -0.25) is 0 Å². The highest BCUT2D eigenvalue weighted by Gasteiger charge is 2.33. The number of hydrogen-bond donors (Lipinski definition) is 2. The van der Waals surface area contributed by atoms with E-state index in [9.17, 15) is 9.18 Å². The molecule has 0 spiro atoms. The summed E-state index contributed by atoms with van der Waals surface area (Å²) < 4.78 is 15.3. The fourth-order valence-electron chi connectivity index (χ4n) is 3.23. The number of carbonyl (C=O) groups excluding carboxylic acids is 1. The van der Waals surface area contributed by atoms with Crippen molar-refractivity contribution in [3.8, 4) is 0 Å². The molecule has 1 saturated heterocycles. The van der Waals surface area contributed by atoms with Gasteiger partial charge in [-0.05, 0) is 36.1 Å². The monoisotopic (exact) mass is 318 g/mol. The van der Waals surface area contributed by atoms with Crippen molar-refractivity contribution in [1.29, 1.82) is 0 Å². The predicted octanol–water partition coefficient (Wildman–Crippen LogP) is 1.33. The molecule has 0 bridgehead atoms. The zero-order chi connectivity index (χ0) is 16.4. The molecule has 4 N–H and O–H groups in total.